The van der Waals surface area contributed by atoms with Crippen molar-refractivity contribution in [2.75, 3.05) is 0 Å². The Labute approximate surface area is 137 Å². The third-order valence-electron chi connectivity index (χ3n) is 4.41. The molecule has 1 unspecified atom stereocenters. The number of aliphatic hydroxyl groups is 1. The van der Waals surface area contributed by atoms with Gasteiger partial charge in [0, 0.05) is 18.3 Å². The first kappa shape index (κ1) is 16.0. The molecule has 1 fully saturated rings. The fraction of sp³-hybridized carbons (Fsp3) is 0.421. The molecule has 0 saturated heterocycles. The highest BCUT2D eigenvalue weighted by Crippen LogP contribution is 2.24. The predicted molar refractivity (Wildman–Crippen MR) is 90.2 cm³/mol. The van der Waals surface area contributed by atoms with Gasteiger partial charge in [-0.1, -0.05) is 18.2 Å². The number of ether oxygens (including phenoxy) is 1. The SMILES string of the molecule is CC(N[C@@H]1CCC[C@H]1O)c1cccc(OCc2ccccn2)c1. The third kappa shape index (κ3) is 4.30. The number of pyridine rings is 1. The van der Waals surface area contributed by atoms with E-state index in [4.69, 9.17) is 4.74 Å². The maximum atomic E-state index is 9.96. The fourth-order valence-electron chi connectivity index (χ4n) is 3.07. The standard InChI is InChI=1S/C19H24N2O2/c1-14(21-18-9-5-10-19(18)22)15-6-4-8-17(12-15)23-13-16-7-2-3-11-20-16/h2-4,6-8,11-12,14,18-19,21-22H,5,9-10,13H2,1H3/t14?,18-,19-/m1/s1. The monoisotopic (exact) mass is 312 g/mol. The van der Waals surface area contributed by atoms with E-state index in [0.29, 0.717) is 6.61 Å². The summed E-state index contributed by atoms with van der Waals surface area (Å²) in [6.45, 7) is 2.59. The summed E-state index contributed by atoms with van der Waals surface area (Å²) < 4.78 is 5.83. The van der Waals surface area contributed by atoms with Crippen LogP contribution < -0.4 is 10.1 Å². The van der Waals surface area contributed by atoms with Crippen LogP contribution in [-0.2, 0) is 6.61 Å². The molecule has 3 atom stereocenters. The van der Waals surface area contributed by atoms with E-state index in [0.717, 1.165) is 30.7 Å². The van der Waals surface area contributed by atoms with Crippen LogP contribution in [0.1, 0.15) is 43.5 Å². The number of hydrogen-bond donors (Lipinski definition) is 2. The minimum Gasteiger partial charge on any atom is -0.487 e. The Morgan fingerprint density at radius 1 is 1.26 bits per heavy atom. The van der Waals surface area contributed by atoms with Crippen molar-refractivity contribution in [3.05, 3.63) is 59.9 Å². The summed E-state index contributed by atoms with van der Waals surface area (Å²) in [5.74, 6) is 0.841. The van der Waals surface area contributed by atoms with Crippen LogP contribution in [0.25, 0.3) is 0 Å². The largest absolute Gasteiger partial charge is 0.487 e. The second-order valence-electron chi connectivity index (χ2n) is 6.18. The molecule has 1 aliphatic rings. The molecule has 23 heavy (non-hydrogen) atoms. The van der Waals surface area contributed by atoms with Crippen LogP contribution in [-0.4, -0.2) is 22.2 Å². The first-order valence-electron chi connectivity index (χ1n) is 8.29. The summed E-state index contributed by atoms with van der Waals surface area (Å²) >= 11 is 0. The predicted octanol–water partition coefficient (Wildman–Crippen LogP) is 3.22. The highest BCUT2D eigenvalue weighted by atomic mass is 16.5. The molecular formula is C19H24N2O2. The quantitative estimate of drug-likeness (QED) is 0.860. The molecule has 1 aromatic carbocycles. The topological polar surface area (TPSA) is 54.4 Å². The second-order valence-corrected chi connectivity index (χ2v) is 6.18. The van der Waals surface area contributed by atoms with Crippen molar-refractivity contribution in [2.24, 2.45) is 0 Å². The fourth-order valence-corrected chi connectivity index (χ4v) is 3.07. The van der Waals surface area contributed by atoms with Gasteiger partial charge in [-0.05, 0) is 56.0 Å². The van der Waals surface area contributed by atoms with Gasteiger partial charge >= 0.3 is 0 Å². The molecule has 0 aliphatic heterocycles. The Morgan fingerprint density at radius 3 is 2.91 bits per heavy atom. The number of aliphatic hydroxyl groups excluding tert-OH is 1. The van der Waals surface area contributed by atoms with Crippen molar-refractivity contribution in [1.29, 1.82) is 0 Å². The van der Waals surface area contributed by atoms with E-state index in [-0.39, 0.29) is 18.2 Å². The van der Waals surface area contributed by atoms with Crippen LogP contribution in [0.3, 0.4) is 0 Å². The molecular weight excluding hydrogens is 288 g/mol. The number of benzene rings is 1. The van der Waals surface area contributed by atoms with Gasteiger partial charge in [0.1, 0.15) is 12.4 Å². The van der Waals surface area contributed by atoms with Crippen molar-refractivity contribution < 1.29 is 9.84 Å². The Morgan fingerprint density at radius 2 is 2.17 bits per heavy atom. The first-order valence-corrected chi connectivity index (χ1v) is 8.29. The van der Waals surface area contributed by atoms with Crippen molar-refractivity contribution in [3.63, 3.8) is 0 Å². The molecule has 1 saturated carbocycles. The van der Waals surface area contributed by atoms with Gasteiger partial charge in [0.2, 0.25) is 0 Å². The molecule has 0 bridgehead atoms. The lowest BCUT2D eigenvalue weighted by atomic mass is 10.1. The molecule has 2 N–H and O–H groups in total. The van der Waals surface area contributed by atoms with Crippen LogP contribution in [0.2, 0.25) is 0 Å². The van der Waals surface area contributed by atoms with E-state index in [1.807, 2.05) is 30.3 Å². The van der Waals surface area contributed by atoms with E-state index in [1.165, 1.54) is 5.56 Å². The molecule has 1 aromatic heterocycles. The molecule has 1 aliphatic carbocycles. The minimum absolute atomic E-state index is 0.186. The van der Waals surface area contributed by atoms with Crippen LogP contribution in [0.4, 0.5) is 0 Å². The van der Waals surface area contributed by atoms with E-state index in [2.05, 4.69) is 29.4 Å². The van der Waals surface area contributed by atoms with E-state index in [9.17, 15) is 5.11 Å². The van der Waals surface area contributed by atoms with Crippen molar-refractivity contribution in [3.8, 4) is 5.75 Å². The van der Waals surface area contributed by atoms with Gasteiger partial charge in [0.05, 0.1) is 11.8 Å². The maximum absolute atomic E-state index is 9.96. The third-order valence-corrected chi connectivity index (χ3v) is 4.41. The summed E-state index contributed by atoms with van der Waals surface area (Å²) in [5, 5.41) is 13.5. The molecule has 3 rings (SSSR count). The van der Waals surface area contributed by atoms with Gasteiger partial charge in [-0.15, -0.1) is 0 Å². The van der Waals surface area contributed by atoms with Gasteiger partial charge in [0.25, 0.3) is 0 Å². The number of rotatable bonds is 6. The van der Waals surface area contributed by atoms with Gasteiger partial charge in [-0.3, -0.25) is 4.98 Å². The van der Waals surface area contributed by atoms with Gasteiger partial charge < -0.3 is 15.2 Å². The number of nitrogens with zero attached hydrogens (tertiary/aromatic N) is 1. The summed E-state index contributed by atoms with van der Waals surface area (Å²) in [4.78, 5) is 4.26. The average molecular weight is 312 g/mol. The highest BCUT2D eigenvalue weighted by molar-refractivity contribution is 5.30. The van der Waals surface area contributed by atoms with E-state index < -0.39 is 0 Å². The normalized spacial score (nSPS) is 22.0. The molecule has 0 amide bonds. The van der Waals surface area contributed by atoms with Crippen molar-refractivity contribution in [1.82, 2.24) is 10.3 Å². The lowest BCUT2D eigenvalue weighted by Crippen LogP contribution is -2.37. The van der Waals surface area contributed by atoms with E-state index >= 15 is 0 Å². The second kappa shape index (κ2) is 7.57. The molecule has 0 spiro atoms. The lowest BCUT2D eigenvalue weighted by molar-refractivity contribution is 0.144. The number of nitrogens with one attached hydrogen (secondary N) is 1. The summed E-state index contributed by atoms with van der Waals surface area (Å²) in [6, 6.07) is 14.3. The molecule has 0 radical (unpaired) electrons. The maximum Gasteiger partial charge on any atom is 0.130 e. The summed E-state index contributed by atoms with van der Waals surface area (Å²) in [6.07, 6.45) is 4.59. The first-order chi connectivity index (χ1) is 11.2. The summed E-state index contributed by atoms with van der Waals surface area (Å²) in [5.41, 5.74) is 2.08. The van der Waals surface area contributed by atoms with Crippen LogP contribution in [0.5, 0.6) is 5.75 Å². The molecule has 4 heteroatoms. The summed E-state index contributed by atoms with van der Waals surface area (Å²) in [7, 11) is 0. The molecule has 4 nitrogen and oxygen atoms in total. The zero-order valence-electron chi connectivity index (χ0n) is 13.5. The van der Waals surface area contributed by atoms with Crippen molar-refractivity contribution in [2.45, 2.75) is 51.0 Å². The highest BCUT2D eigenvalue weighted by Gasteiger charge is 2.26. The smallest absolute Gasteiger partial charge is 0.130 e. The Bertz CT molecular complexity index is 618. The number of hydrogen-bond acceptors (Lipinski definition) is 4. The lowest BCUT2D eigenvalue weighted by Gasteiger charge is -2.22. The Hall–Kier alpha value is -1.91. The van der Waals surface area contributed by atoms with Crippen LogP contribution in [0.15, 0.2) is 48.7 Å². The molecule has 2 aromatic rings. The zero-order valence-corrected chi connectivity index (χ0v) is 13.5. The van der Waals surface area contributed by atoms with Crippen molar-refractivity contribution >= 4 is 0 Å². The Balaban J connectivity index is 1.60. The van der Waals surface area contributed by atoms with Gasteiger partial charge in [0.15, 0.2) is 0 Å². The zero-order chi connectivity index (χ0) is 16.1. The van der Waals surface area contributed by atoms with Crippen LogP contribution >= 0.6 is 0 Å². The van der Waals surface area contributed by atoms with E-state index in [1.54, 1.807) is 6.20 Å². The Kier molecular flexibility index (Phi) is 5.26. The van der Waals surface area contributed by atoms with Gasteiger partial charge in [-0.25, -0.2) is 0 Å². The average Bonchev–Trinajstić information content (AvgIpc) is 2.99. The number of aromatic nitrogens is 1. The minimum atomic E-state index is -0.221. The van der Waals surface area contributed by atoms with Gasteiger partial charge in [-0.2, -0.15) is 0 Å². The molecule has 122 valence electrons. The molecule has 1 heterocycles. The van der Waals surface area contributed by atoms with Crippen LogP contribution in [0, 0.1) is 0 Å².